The number of nitrogens with zero attached hydrogens (tertiary/aromatic N) is 1. The minimum Gasteiger partial charge on any atom is -0.425 e. The molecule has 6 nitrogen and oxygen atoms in total. The number of nitrogens with two attached hydrogens (primary N) is 1. The van der Waals surface area contributed by atoms with Crippen LogP contribution in [-0.2, 0) is 26.1 Å². The zero-order valence-corrected chi connectivity index (χ0v) is 18.8. The minimum atomic E-state index is -0.374. The zero-order valence-electron chi connectivity index (χ0n) is 18.8. The highest BCUT2D eigenvalue weighted by molar-refractivity contribution is 5.73. The van der Waals surface area contributed by atoms with Crippen LogP contribution in [0.15, 0.2) is 18.2 Å². The van der Waals surface area contributed by atoms with Gasteiger partial charge in [-0.1, -0.05) is 32.8 Å². The van der Waals surface area contributed by atoms with Crippen LogP contribution in [0.25, 0.3) is 0 Å². The molecule has 30 heavy (non-hydrogen) atoms. The van der Waals surface area contributed by atoms with Gasteiger partial charge in [-0.2, -0.15) is 0 Å². The van der Waals surface area contributed by atoms with Crippen molar-refractivity contribution in [2.24, 2.45) is 11.7 Å². The number of carbonyl (C=O) groups excluding carboxylic acids is 1. The van der Waals surface area contributed by atoms with Crippen molar-refractivity contribution in [3.63, 3.8) is 0 Å². The number of likely N-dealkylation sites (N-methyl/N-ethyl adjacent to an activating group) is 1. The molecule has 0 spiro atoms. The number of ether oxygens (including phenoxy) is 3. The van der Waals surface area contributed by atoms with Crippen LogP contribution in [0.4, 0.5) is 0 Å². The molecule has 1 saturated heterocycles. The molecular formula is C24H38N2O4. The van der Waals surface area contributed by atoms with E-state index in [1.54, 1.807) is 0 Å². The van der Waals surface area contributed by atoms with Crippen LogP contribution in [0, 0.1) is 5.92 Å². The van der Waals surface area contributed by atoms with Crippen molar-refractivity contribution in [2.45, 2.75) is 57.4 Å². The molecule has 2 N–H and O–H groups in total. The monoisotopic (exact) mass is 418 g/mol. The lowest BCUT2D eigenvalue weighted by atomic mass is 9.56. The minimum absolute atomic E-state index is 0.0761. The smallest absolute Gasteiger partial charge is 0.337 e. The molecule has 1 aliphatic carbocycles. The molecule has 1 aromatic rings. The first-order valence-electron chi connectivity index (χ1n) is 11.4. The maximum atomic E-state index is 12.2. The van der Waals surface area contributed by atoms with Gasteiger partial charge in [-0.25, -0.2) is 4.79 Å². The quantitative estimate of drug-likeness (QED) is 0.338. The van der Waals surface area contributed by atoms with E-state index in [0.29, 0.717) is 44.1 Å². The van der Waals surface area contributed by atoms with Gasteiger partial charge in [0.1, 0.15) is 12.4 Å². The van der Waals surface area contributed by atoms with Crippen molar-refractivity contribution in [3.8, 4) is 5.75 Å². The molecule has 1 heterocycles. The summed E-state index contributed by atoms with van der Waals surface area (Å²) in [4.78, 5) is 14.8. The lowest BCUT2D eigenvalue weighted by Gasteiger charge is -2.55. The predicted octanol–water partition coefficient (Wildman–Crippen LogP) is 2.91. The van der Waals surface area contributed by atoms with Crippen LogP contribution in [0.5, 0.6) is 5.75 Å². The molecule has 168 valence electrons. The lowest BCUT2D eigenvalue weighted by molar-refractivity contribution is -0.140. The molecule has 1 aromatic carbocycles. The molecule has 0 saturated carbocycles. The van der Waals surface area contributed by atoms with Gasteiger partial charge in [-0.3, -0.25) is 0 Å². The molecule has 3 rings (SSSR count). The van der Waals surface area contributed by atoms with Crippen molar-refractivity contribution in [2.75, 3.05) is 46.6 Å². The van der Waals surface area contributed by atoms with Crippen LogP contribution in [-0.4, -0.2) is 63.5 Å². The number of hydrogen-bond donors (Lipinski definition) is 1. The normalized spacial score (nSPS) is 25.7. The third-order valence-corrected chi connectivity index (χ3v) is 7.03. The van der Waals surface area contributed by atoms with Gasteiger partial charge in [0.25, 0.3) is 0 Å². The van der Waals surface area contributed by atoms with E-state index in [4.69, 9.17) is 19.9 Å². The van der Waals surface area contributed by atoms with E-state index in [-0.39, 0.29) is 18.0 Å². The summed E-state index contributed by atoms with van der Waals surface area (Å²) in [7, 11) is 2.26. The Hall–Kier alpha value is -1.47. The molecule has 2 bridgehead atoms. The van der Waals surface area contributed by atoms with Crippen molar-refractivity contribution < 1.29 is 19.0 Å². The van der Waals surface area contributed by atoms with Gasteiger partial charge in [0.05, 0.1) is 19.8 Å². The van der Waals surface area contributed by atoms with Crippen LogP contribution in [0.1, 0.15) is 50.7 Å². The Labute approximate surface area is 181 Å². The summed E-state index contributed by atoms with van der Waals surface area (Å²) < 4.78 is 16.2. The molecular weight excluding hydrogens is 380 g/mol. The van der Waals surface area contributed by atoms with Gasteiger partial charge >= 0.3 is 5.97 Å². The van der Waals surface area contributed by atoms with Crippen molar-refractivity contribution in [1.82, 2.24) is 4.90 Å². The number of carbonyl (C=O) groups is 1. The number of fused-ring (bicyclic) bond motifs is 4. The standard InChI is InChI=1S/C24H38N2O4/c1-4-5-8-24-9-11-26(3)22(18(24)2)15-19-6-7-20(16-21(19)24)30-23(27)17-29-14-13-28-12-10-25/h6-7,16,18,22H,4-5,8-15,17,25H2,1-3H3. The highest BCUT2D eigenvalue weighted by atomic mass is 16.6. The number of benzene rings is 1. The molecule has 1 aliphatic heterocycles. The zero-order chi connectivity index (χ0) is 21.6. The Kier molecular flexibility index (Phi) is 8.28. The Bertz CT molecular complexity index is 706. The largest absolute Gasteiger partial charge is 0.425 e. The van der Waals surface area contributed by atoms with Gasteiger partial charge in [0.2, 0.25) is 0 Å². The van der Waals surface area contributed by atoms with Crippen LogP contribution in [0.2, 0.25) is 0 Å². The fourth-order valence-electron chi connectivity index (χ4n) is 5.32. The van der Waals surface area contributed by atoms with E-state index in [1.807, 2.05) is 6.07 Å². The third-order valence-electron chi connectivity index (χ3n) is 7.03. The molecule has 3 atom stereocenters. The van der Waals surface area contributed by atoms with Crippen molar-refractivity contribution in [3.05, 3.63) is 29.3 Å². The molecule has 0 aromatic heterocycles. The second kappa shape index (κ2) is 10.7. The molecule has 0 radical (unpaired) electrons. The fraction of sp³-hybridized carbons (Fsp3) is 0.708. The number of likely N-dealkylation sites (tertiary alicyclic amines) is 1. The summed E-state index contributed by atoms with van der Waals surface area (Å²) in [5.74, 6) is 0.849. The van der Waals surface area contributed by atoms with E-state index in [2.05, 4.69) is 37.9 Å². The van der Waals surface area contributed by atoms with Crippen molar-refractivity contribution >= 4 is 5.97 Å². The van der Waals surface area contributed by atoms with E-state index < -0.39 is 0 Å². The summed E-state index contributed by atoms with van der Waals surface area (Å²) in [6.45, 7) is 7.49. The summed E-state index contributed by atoms with van der Waals surface area (Å²) in [6, 6.07) is 6.82. The number of rotatable bonds is 11. The van der Waals surface area contributed by atoms with Gasteiger partial charge in [-0.05, 0) is 62.0 Å². The number of piperidine rings is 1. The molecule has 3 unspecified atom stereocenters. The average molecular weight is 419 g/mol. The van der Waals surface area contributed by atoms with Crippen LogP contribution in [0.3, 0.4) is 0 Å². The van der Waals surface area contributed by atoms with E-state index in [1.165, 1.54) is 30.4 Å². The van der Waals surface area contributed by atoms with Gasteiger partial charge < -0.3 is 24.8 Å². The first-order chi connectivity index (χ1) is 14.5. The number of unbranched alkanes of at least 4 members (excludes halogenated alkanes) is 1. The Morgan fingerprint density at radius 2 is 2.07 bits per heavy atom. The average Bonchev–Trinajstić information content (AvgIpc) is 2.73. The Balaban J connectivity index is 1.69. The highest BCUT2D eigenvalue weighted by Gasteiger charge is 2.49. The summed E-state index contributed by atoms with van der Waals surface area (Å²) in [5, 5.41) is 0. The van der Waals surface area contributed by atoms with Crippen LogP contribution >= 0.6 is 0 Å². The molecule has 2 aliphatic rings. The number of hydrogen-bond acceptors (Lipinski definition) is 6. The number of esters is 1. The molecule has 6 heteroatoms. The van der Waals surface area contributed by atoms with Gasteiger partial charge in [0.15, 0.2) is 0 Å². The summed E-state index contributed by atoms with van der Waals surface area (Å²) in [6.07, 6.45) is 5.86. The van der Waals surface area contributed by atoms with E-state index in [9.17, 15) is 4.79 Å². The van der Waals surface area contributed by atoms with E-state index in [0.717, 1.165) is 19.4 Å². The summed E-state index contributed by atoms with van der Waals surface area (Å²) in [5.41, 5.74) is 8.36. The SMILES string of the molecule is CCCCC12CCN(C)C(Cc3ccc(OC(=O)COCCOCCN)cc31)C2C. The maximum absolute atomic E-state index is 12.2. The summed E-state index contributed by atoms with van der Waals surface area (Å²) >= 11 is 0. The lowest BCUT2D eigenvalue weighted by Crippen LogP contribution is -2.57. The first-order valence-corrected chi connectivity index (χ1v) is 11.4. The molecule has 1 fully saturated rings. The predicted molar refractivity (Wildman–Crippen MR) is 118 cm³/mol. The fourth-order valence-corrected chi connectivity index (χ4v) is 5.32. The second-order valence-corrected chi connectivity index (χ2v) is 8.80. The third kappa shape index (κ3) is 5.05. The Morgan fingerprint density at radius 1 is 1.27 bits per heavy atom. The highest BCUT2D eigenvalue weighted by Crippen LogP contribution is 2.52. The van der Waals surface area contributed by atoms with Crippen LogP contribution < -0.4 is 10.5 Å². The first kappa shape index (κ1) is 23.2. The van der Waals surface area contributed by atoms with Gasteiger partial charge in [0, 0.05) is 18.0 Å². The maximum Gasteiger partial charge on any atom is 0.337 e. The van der Waals surface area contributed by atoms with Crippen molar-refractivity contribution in [1.29, 1.82) is 0 Å². The Morgan fingerprint density at radius 3 is 2.83 bits per heavy atom. The second-order valence-electron chi connectivity index (χ2n) is 8.80. The molecule has 0 amide bonds. The topological polar surface area (TPSA) is 74.0 Å². The van der Waals surface area contributed by atoms with Gasteiger partial charge in [-0.15, -0.1) is 0 Å². The van der Waals surface area contributed by atoms with E-state index >= 15 is 0 Å².